The topological polar surface area (TPSA) is 88.1 Å². The van der Waals surface area contributed by atoms with Crippen LogP contribution in [0.15, 0.2) is 12.1 Å². The summed E-state index contributed by atoms with van der Waals surface area (Å²) >= 11 is 12.3. The fraction of sp³-hybridized carbons (Fsp3) is 0.696. The van der Waals surface area contributed by atoms with Crippen molar-refractivity contribution in [3.63, 3.8) is 0 Å². The van der Waals surface area contributed by atoms with Gasteiger partial charge in [0.2, 0.25) is 0 Å². The maximum atomic E-state index is 13.0. The van der Waals surface area contributed by atoms with E-state index in [9.17, 15) is 14.1 Å². The standard InChI is InChI=1S/C23H34Cl2N2O5S/c1-22(2,3)33(30)26-20(15-11-16(24)17(25)12-18(15)28)14-7-6-9-27(10-8-14)21(29)19-13-31-23(4,5)32-19/h11-12,14,19-20,26,28H,6-10,13H2,1-5H3/t14?,19-,20-,33+/m1/s1. The predicted octanol–water partition coefficient (Wildman–Crippen LogP) is 4.57. The number of hydrogen-bond donors (Lipinski definition) is 2. The normalized spacial score (nSPS) is 25.5. The van der Waals surface area contributed by atoms with Crippen molar-refractivity contribution in [2.75, 3.05) is 19.7 Å². The van der Waals surface area contributed by atoms with Gasteiger partial charge in [-0.2, -0.15) is 0 Å². The molecule has 1 aromatic carbocycles. The van der Waals surface area contributed by atoms with Crippen molar-refractivity contribution in [1.82, 2.24) is 9.62 Å². The first-order valence-corrected chi connectivity index (χ1v) is 13.2. The molecule has 2 N–H and O–H groups in total. The van der Waals surface area contributed by atoms with Crippen LogP contribution < -0.4 is 4.72 Å². The number of rotatable bonds is 5. The molecule has 2 saturated heterocycles. The molecule has 4 atom stereocenters. The monoisotopic (exact) mass is 520 g/mol. The number of aromatic hydroxyl groups is 1. The number of carbonyl (C=O) groups is 1. The van der Waals surface area contributed by atoms with Crippen LogP contribution in [0.2, 0.25) is 10.0 Å². The second-order valence-corrected chi connectivity index (χ2v) is 12.9. The van der Waals surface area contributed by atoms with E-state index in [0.717, 1.165) is 12.8 Å². The van der Waals surface area contributed by atoms with Crippen molar-refractivity contribution >= 4 is 40.1 Å². The third kappa shape index (κ3) is 6.61. The van der Waals surface area contributed by atoms with Gasteiger partial charge in [-0.25, -0.2) is 8.93 Å². The van der Waals surface area contributed by atoms with E-state index in [0.29, 0.717) is 30.1 Å². The van der Waals surface area contributed by atoms with Gasteiger partial charge in [0.1, 0.15) is 5.75 Å². The minimum absolute atomic E-state index is 0.00345. The van der Waals surface area contributed by atoms with Crippen molar-refractivity contribution in [2.24, 2.45) is 5.92 Å². The molecule has 0 aliphatic carbocycles. The molecule has 33 heavy (non-hydrogen) atoms. The van der Waals surface area contributed by atoms with Crippen LogP contribution in [0.4, 0.5) is 0 Å². The number of halogens is 2. The lowest BCUT2D eigenvalue weighted by Gasteiger charge is -2.31. The molecule has 0 bridgehead atoms. The summed E-state index contributed by atoms with van der Waals surface area (Å²) in [6, 6.07) is 2.63. The molecule has 0 saturated carbocycles. The van der Waals surface area contributed by atoms with Gasteiger partial charge in [-0.3, -0.25) is 4.79 Å². The zero-order chi connectivity index (χ0) is 24.6. The maximum absolute atomic E-state index is 13.0. The molecule has 2 aliphatic rings. The van der Waals surface area contributed by atoms with Gasteiger partial charge < -0.3 is 19.5 Å². The van der Waals surface area contributed by atoms with E-state index in [-0.39, 0.29) is 29.2 Å². The van der Waals surface area contributed by atoms with Crippen LogP contribution in [0.3, 0.4) is 0 Å². The third-order valence-corrected chi connectivity index (χ3v) is 8.34. The van der Waals surface area contributed by atoms with E-state index in [2.05, 4.69) is 4.72 Å². The molecule has 1 unspecified atom stereocenters. The largest absolute Gasteiger partial charge is 0.508 e. The SMILES string of the molecule is CC1(C)OC[C@H](C(=O)N2CCCC([C@@H](N[S@@](=O)C(C)(C)C)c3cc(Cl)c(Cl)cc3O)CC2)O1. The summed E-state index contributed by atoms with van der Waals surface area (Å²) in [7, 11) is -1.38. The van der Waals surface area contributed by atoms with E-state index >= 15 is 0 Å². The lowest BCUT2D eigenvalue weighted by Crippen LogP contribution is -2.42. The molecule has 2 heterocycles. The number of hydrogen-bond acceptors (Lipinski definition) is 5. The molecule has 0 radical (unpaired) electrons. The number of carbonyl (C=O) groups excluding carboxylic acids is 1. The summed E-state index contributed by atoms with van der Waals surface area (Å²) in [4.78, 5) is 14.8. The molecule has 3 rings (SSSR count). The van der Waals surface area contributed by atoms with Crippen LogP contribution in [0, 0.1) is 5.92 Å². The number of nitrogens with zero attached hydrogens (tertiary/aromatic N) is 1. The summed E-state index contributed by atoms with van der Waals surface area (Å²) < 4.78 is 27.1. The summed E-state index contributed by atoms with van der Waals surface area (Å²) in [6.07, 6.45) is 1.63. The number of benzene rings is 1. The Morgan fingerprint density at radius 3 is 2.52 bits per heavy atom. The number of phenols is 1. The lowest BCUT2D eigenvalue weighted by atomic mass is 9.87. The van der Waals surface area contributed by atoms with Crippen LogP contribution in [0.25, 0.3) is 0 Å². The van der Waals surface area contributed by atoms with Gasteiger partial charge in [-0.15, -0.1) is 0 Å². The van der Waals surface area contributed by atoms with E-state index in [1.807, 2.05) is 25.7 Å². The number of nitrogens with one attached hydrogen (secondary N) is 1. The van der Waals surface area contributed by atoms with Crippen LogP contribution >= 0.6 is 23.2 Å². The average Bonchev–Trinajstić information content (AvgIpc) is 2.92. The van der Waals surface area contributed by atoms with Crippen molar-refractivity contribution in [3.05, 3.63) is 27.7 Å². The van der Waals surface area contributed by atoms with Crippen molar-refractivity contribution in [1.29, 1.82) is 0 Å². The highest BCUT2D eigenvalue weighted by molar-refractivity contribution is 7.84. The minimum atomic E-state index is -1.38. The third-order valence-electron chi connectivity index (χ3n) is 6.03. The van der Waals surface area contributed by atoms with Gasteiger partial charge in [0, 0.05) is 24.7 Å². The number of amides is 1. The zero-order valence-electron chi connectivity index (χ0n) is 19.8. The Morgan fingerprint density at radius 2 is 1.91 bits per heavy atom. The molecular formula is C23H34Cl2N2O5S. The van der Waals surface area contributed by atoms with Crippen molar-refractivity contribution < 1.29 is 23.6 Å². The Morgan fingerprint density at radius 1 is 1.24 bits per heavy atom. The molecular weight excluding hydrogens is 487 g/mol. The summed E-state index contributed by atoms with van der Waals surface area (Å²) in [6.45, 7) is 10.7. The van der Waals surface area contributed by atoms with E-state index in [1.165, 1.54) is 6.07 Å². The predicted molar refractivity (Wildman–Crippen MR) is 131 cm³/mol. The zero-order valence-corrected chi connectivity index (χ0v) is 22.1. The molecule has 2 fully saturated rings. The molecule has 10 heteroatoms. The van der Waals surface area contributed by atoms with Crippen LogP contribution in [0.5, 0.6) is 5.75 Å². The van der Waals surface area contributed by atoms with Gasteiger partial charge >= 0.3 is 0 Å². The number of ether oxygens (including phenoxy) is 2. The molecule has 1 aromatic rings. The Hall–Kier alpha value is -0.900. The summed E-state index contributed by atoms with van der Waals surface area (Å²) in [5.74, 6) is -0.800. The van der Waals surface area contributed by atoms with E-state index < -0.39 is 33.7 Å². The van der Waals surface area contributed by atoms with Crippen molar-refractivity contribution in [3.8, 4) is 5.75 Å². The van der Waals surface area contributed by atoms with Crippen LogP contribution in [-0.4, -0.2) is 56.5 Å². The van der Waals surface area contributed by atoms with Crippen LogP contribution in [0.1, 0.15) is 65.5 Å². The first-order chi connectivity index (χ1) is 15.3. The van der Waals surface area contributed by atoms with Gasteiger partial charge in [-0.1, -0.05) is 23.2 Å². The lowest BCUT2D eigenvalue weighted by molar-refractivity contribution is -0.160. The molecule has 1 amide bonds. The van der Waals surface area contributed by atoms with Gasteiger partial charge in [-0.05, 0) is 65.9 Å². The Bertz CT molecular complexity index is 906. The van der Waals surface area contributed by atoms with Crippen LogP contribution in [-0.2, 0) is 25.3 Å². The average molecular weight is 522 g/mol. The quantitative estimate of drug-likeness (QED) is 0.593. The summed E-state index contributed by atoms with van der Waals surface area (Å²) in [5.41, 5.74) is 0.557. The first kappa shape index (κ1) is 26.7. The molecule has 0 aromatic heterocycles. The number of phenolic OH excluding ortho intramolecular Hbond substituents is 1. The maximum Gasteiger partial charge on any atom is 0.254 e. The molecule has 0 spiro atoms. The highest BCUT2D eigenvalue weighted by Crippen LogP contribution is 2.40. The van der Waals surface area contributed by atoms with Crippen molar-refractivity contribution in [2.45, 2.75) is 76.6 Å². The molecule has 186 valence electrons. The second-order valence-electron chi connectivity index (χ2n) is 10.1. The Kier molecular flexibility index (Phi) is 8.40. The first-order valence-electron chi connectivity index (χ1n) is 11.2. The molecule has 2 aliphatic heterocycles. The van der Waals surface area contributed by atoms with E-state index in [1.54, 1.807) is 19.9 Å². The Balaban J connectivity index is 1.80. The molecule has 7 nitrogen and oxygen atoms in total. The fourth-order valence-electron chi connectivity index (χ4n) is 4.19. The second kappa shape index (κ2) is 10.4. The van der Waals surface area contributed by atoms with Gasteiger partial charge in [0.25, 0.3) is 5.91 Å². The smallest absolute Gasteiger partial charge is 0.254 e. The number of likely N-dealkylation sites (tertiary alicyclic amines) is 1. The van der Waals surface area contributed by atoms with E-state index in [4.69, 9.17) is 32.7 Å². The summed E-state index contributed by atoms with van der Waals surface area (Å²) in [5, 5.41) is 11.2. The Labute approximate surface area is 208 Å². The fourth-order valence-corrected chi connectivity index (χ4v) is 5.43. The highest BCUT2D eigenvalue weighted by Gasteiger charge is 2.40. The highest BCUT2D eigenvalue weighted by atomic mass is 35.5. The van der Waals surface area contributed by atoms with Gasteiger partial charge in [0.15, 0.2) is 11.9 Å². The minimum Gasteiger partial charge on any atom is -0.508 e. The van der Waals surface area contributed by atoms with Gasteiger partial charge in [0.05, 0.1) is 38.4 Å².